The van der Waals surface area contributed by atoms with Crippen molar-refractivity contribution < 1.29 is 18.0 Å². The molecule has 0 aliphatic carbocycles. The lowest BCUT2D eigenvalue weighted by Gasteiger charge is -2.07. The zero-order valence-corrected chi connectivity index (χ0v) is 26.8. The maximum absolute atomic E-state index is 13.5. The quantitative estimate of drug-likeness (QED) is 0.124. The molecule has 1 aliphatic rings. The summed E-state index contributed by atoms with van der Waals surface area (Å²) < 4.78 is 27.0. The number of carbonyl (C=O) groups is 2. The molecule has 6 aromatic rings. The number of amides is 2. The third-order valence-electron chi connectivity index (χ3n) is 6.92. The van der Waals surface area contributed by atoms with Crippen LogP contribution < -0.4 is 10.6 Å². The first-order valence-corrected chi connectivity index (χ1v) is 17.5. The van der Waals surface area contributed by atoms with Crippen LogP contribution in [0.3, 0.4) is 0 Å². The Hall–Kier alpha value is -4.01. The lowest BCUT2D eigenvalue weighted by molar-refractivity contribution is -0.114. The van der Waals surface area contributed by atoms with Crippen LogP contribution in [0.25, 0.3) is 33.2 Å². The van der Waals surface area contributed by atoms with Gasteiger partial charge in [0.25, 0.3) is 0 Å². The second kappa shape index (κ2) is 11.7. The number of thioether (sulfide) groups is 2. The van der Waals surface area contributed by atoms with Crippen molar-refractivity contribution in [3.8, 4) is 11.1 Å². The molecule has 10 nitrogen and oxygen atoms in total. The van der Waals surface area contributed by atoms with Gasteiger partial charge in [-0.15, -0.1) is 0 Å². The van der Waals surface area contributed by atoms with Crippen LogP contribution in [0.5, 0.6) is 0 Å². The van der Waals surface area contributed by atoms with Gasteiger partial charge in [0.15, 0.2) is 10.3 Å². The zero-order chi connectivity index (χ0) is 31.3. The van der Waals surface area contributed by atoms with Crippen LogP contribution in [0.15, 0.2) is 92.9 Å². The number of anilines is 2. The van der Waals surface area contributed by atoms with Gasteiger partial charge in [0.2, 0.25) is 21.7 Å². The Labute approximate surface area is 274 Å². The number of H-pyrrole nitrogens is 2. The number of fused-ring (bicyclic) bond motifs is 5. The fourth-order valence-corrected chi connectivity index (χ4v) is 8.37. The smallest absolute Gasteiger partial charge is 0.234 e. The van der Waals surface area contributed by atoms with E-state index in [-0.39, 0.29) is 33.1 Å². The lowest BCUT2D eigenvalue weighted by atomic mass is 10.0. The van der Waals surface area contributed by atoms with Crippen LogP contribution in [-0.4, -0.2) is 51.7 Å². The molecule has 226 valence electrons. The summed E-state index contributed by atoms with van der Waals surface area (Å²) in [5, 5.41) is 7.82. The van der Waals surface area contributed by atoms with E-state index >= 15 is 0 Å². The number of imidazole rings is 2. The molecule has 2 amide bonds. The molecule has 1 aliphatic heterocycles. The third-order valence-corrected chi connectivity index (χ3v) is 11.0. The Balaban J connectivity index is 0.998. The van der Waals surface area contributed by atoms with Crippen LogP contribution in [0.1, 0.15) is 0 Å². The lowest BCUT2D eigenvalue weighted by Crippen LogP contribution is -2.14. The minimum atomic E-state index is -3.89. The van der Waals surface area contributed by atoms with E-state index in [0.29, 0.717) is 42.9 Å². The Bertz CT molecular complexity index is 2130. The number of aromatic amines is 2. The molecule has 45 heavy (non-hydrogen) atoms. The van der Waals surface area contributed by atoms with Crippen molar-refractivity contribution in [3.05, 3.63) is 82.8 Å². The van der Waals surface area contributed by atoms with Gasteiger partial charge < -0.3 is 20.6 Å². The maximum Gasteiger partial charge on any atom is 0.234 e. The minimum absolute atomic E-state index is 0.0592. The molecular formula is C30H20Cl2N6O4S3. The topological polar surface area (TPSA) is 150 Å². The van der Waals surface area contributed by atoms with E-state index < -0.39 is 9.84 Å². The monoisotopic (exact) mass is 694 g/mol. The second-order valence-corrected chi connectivity index (χ2v) is 14.7. The molecule has 2 aromatic heterocycles. The standard InChI is InChI=1S/C30H20Cl2N6O4S3/c31-15-1-7-21-23(9-15)37-29(35-21)43-13-27(39)33-17-3-5-19-20-6-4-18(12-26(20)45(41,42)25(19)11-17)34-28(40)14-44-30-36-22-8-2-16(32)10-24(22)38-30/h1-12H,13-14H2,(H,33,39)(H,34,40)(H,35,37)(H,36,38). The Morgan fingerprint density at radius 3 is 1.56 bits per heavy atom. The molecule has 0 saturated carbocycles. The number of nitrogens with zero attached hydrogens (tertiary/aromatic N) is 2. The Morgan fingerprint density at radius 1 is 0.667 bits per heavy atom. The molecule has 3 heterocycles. The van der Waals surface area contributed by atoms with Crippen LogP contribution in [-0.2, 0) is 19.4 Å². The molecule has 0 bridgehead atoms. The van der Waals surface area contributed by atoms with E-state index in [1.165, 1.54) is 35.7 Å². The number of halogens is 2. The van der Waals surface area contributed by atoms with Gasteiger partial charge >= 0.3 is 0 Å². The average Bonchev–Trinajstić information content (AvgIpc) is 3.67. The first-order chi connectivity index (χ1) is 21.6. The van der Waals surface area contributed by atoms with Crippen molar-refractivity contribution in [1.29, 1.82) is 0 Å². The van der Waals surface area contributed by atoms with Crippen molar-refractivity contribution >= 4 is 102 Å². The molecule has 0 unspecified atom stereocenters. The highest BCUT2D eigenvalue weighted by molar-refractivity contribution is 8.00. The number of hydrogen-bond donors (Lipinski definition) is 4. The van der Waals surface area contributed by atoms with E-state index in [9.17, 15) is 18.0 Å². The van der Waals surface area contributed by atoms with Crippen molar-refractivity contribution in [3.63, 3.8) is 0 Å². The molecule has 4 N–H and O–H groups in total. The van der Waals surface area contributed by atoms with Gasteiger partial charge in [0.1, 0.15) is 0 Å². The Morgan fingerprint density at radius 2 is 1.11 bits per heavy atom. The summed E-state index contributed by atoms with van der Waals surface area (Å²) in [7, 11) is -3.89. The van der Waals surface area contributed by atoms with Gasteiger partial charge in [-0.1, -0.05) is 58.9 Å². The number of sulfone groups is 1. The number of benzene rings is 4. The zero-order valence-electron chi connectivity index (χ0n) is 22.9. The van der Waals surface area contributed by atoms with E-state index in [0.717, 1.165) is 22.1 Å². The number of aromatic nitrogens is 4. The summed E-state index contributed by atoms with van der Waals surface area (Å²) in [5.74, 6) is -0.519. The van der Waals surface area contributed by atoms with Gasteiger partial charge in [0, 0.05) is 32.5 Å². The largest absolute Gasteiger partial charge is 0.333 e. The Kier molecular flexibility index (Phi) is 7.74. The highest BCUT2D eigenvalue weighted by Gasteiger charge is 2.33. The number of nitrogens with one attached hydrogen (secondary N) is 4. The summed E-state index contributed by atoms with van der Waals surface area (Å²) in [6.07, 6.45) is 0. The molecule has 0 spiro atoms. The number of rotatable bonds is 8. The van der Waals surface area contributed by atoms with Gasteiger partial charge in [0.05, 0.1) is 43.4 Å². The number of hydrogen-bond acceptors (Lipinski definition) is 8. The fraction of sp³-hybridized carbons (Fsp3) is 0.0667. The van der Waals surface area contributed by atoms with Crippen molar-refractivity contribution in [2.24, 2.45) is 0 Å². The summed E-state index contributed by atoms with van der Waals surface area (Å²) in [6.45, 7) is 0. The van der Waals surface area contributed by atoms with Crippen molar-refractivity contribution in [1.82, 2.24) is 19.9 Å². The van der Waals surface area contributed by atoms with E-state index in [1.807, 2.05) is 0 Å². The average molecular weight is 696 g/mol. The van der Waals surface area contributed by atoms with Crippen molar-refractivity contribution in [2.45, 2.75) is 20.1 Å². The van der Waals surface area contributed by atoms with E-state index in [2.05, 4.69) is 30.6 Å². The highest BCUT2D eigenvalue weighted by Crippen LogP contribution is 2.45. The third kappa shape index (κ3) is 6.01. The molecule has 0 atom stereocenters. The minimum Gasteiger partial charge on any atom is -0.333 e. The van der Waals surface area contributed by atoms with Crippen LogP contribution in [0, 0.1) is 0 Å². The molecule has 15 heteroatoms. The second-order valence-electron chi connectivity index (χ2n) is 10.0. The molecular weight excluding hydrogens is 675 g/mol. The van der Waals surface area contributed by atoms with Crippen LogP contribution in [0.2, 0.25) is 10.0 Å². The van der Waals surface area contributed by atoms with Gasteiger partial charge in [-0.25, -0.2) is 18.4 Å². The summed E-state index contributed by atoms with van der Waals surface area (Å²) in [4.78, 5) is 40.7. The fourth-order valence-electron chi connectivity index (χ4n) is 4.92. The van der Waals surface area contributed by atoms with Crippen LogP contribution in [0.4, 0.5) is 11.4 Å². The van der Waals surface area contributed by atoms with Gasteiger partial charge in [-0.2, -0.15) is 0 Å². The highest BCUT2D eigenvalue weighted by atomic mass is 35.5. The van der Waals surface area contributed by atoms with E-state index in [4.69, 9.17) is 23.2 Å². The van der Waals surface area contributed by atoms with Crippen molar-refractivity contribution in [2.75, 3.05) is 22.1 Å². The first-order valence-electron chi connectivity index (χ1n) is 13.3. The molecule has 7 rings (SSSR count). The number of carbonyl (C=O) groups excluding carboxylic acids is 2. The maximum atomic E-state index is 13.5. The SMILES string of the molecule is O=C(CSc1nc2ccc(Cl)cc2[nH]1)Nc1ccc2c(c1)S(=O)(=O)c1cc(NC(=O)CSc3nc4ccc(Cl)cc4[nH]3)ccc1-2. The summed E-state index contributed by atoms with van der Waals surface area (Å²) in [6, 6.07) is 20.1. The molecule has 0 saturated heterocycles. The molecule has 0 fully saturated rings. The first kappa shape index (κ1) is 29.7. The molecule has 0 radical (unpaired) electrons. The van der Waals surface area contributed by atoms with Gasteiger partial charge in [-0.3, -0.25) is 9.59 Å². The summed E-state index contributed by atoms with van der Waals surface area (Å²) in [5.41, 5.74) is 4.76. The van der Waals surface area contributed by atoms with E-state index in [1.54, 1.807) is 60.7 Å². The van der Waals surface area contributed by atoms with Crippen LogP contribution >= 0.6 is 46.7 Å². The van der Waals surface area contributed by atoms with Gasteiger partial charge in [-0.05, 0) is 60.7 Å². The molecule has 4 aromatic carbocycles. The summed E-state index contributed by atoms with van der Waals surface area (Å²) >= 11 is 14.5. The predicted octanol–water partition coefficient (Wildman–Crippen LogP) is 7.02. The predicted molar refractivity (Wildman–Crippen MR) is 178 cm³/mol. The normalized spacial score (nSPS) is 13.1.